The first-order valence-corrected chi connectivity index (χ1v) is 4.97. The van der Waals surface area contributed by atoms with Gasteiger partial charge in [0, 0.05) is 16.4 Å². The Kier molecular flexibility index (Phi) is 2.34. The summed E-state index contributed by atoms with van der Waals surface area (Å²) in [7, 11) is 0. The number of hydrogen-bond donors (Lipinski definition) is 1. The highest BCUT2D eigenvalue weighted by Gasteiger charge is 2.04. The van der Waals surface area contributed by atoms with Gasteiger partial charge < -0.3 is 4.98 Å². The highest BCUT2D eigenvalue weighted by Crippen LogP contribution is 2.25. The third kappa shape index (κ3) is 1.68. The zero-order valence-corrected chi connectivity index (χ0v) is 9.02. The molecule has 2 rings (SSSR count). The predicted octanol–water partition coefficient (Wildman–Crippen LogP) is 3.95. The Labute approximate surface area is 88.7 Å². The first kappa shape index (κ1) is 9.35. The number of nitrogens with one attached hydrogen (secondary N) is 1. The van der Waals surface area contributed by atoms with E-state index in [1.165, 1.54) is 11.3 Å². The van der Waals surface area contributed by atoms with Crippen molar-refractivity contribution < 1.29 is 0 Å². The Morgan fingerprint density at radius 3 is 2.50 bits per heavy atom. The van der Waals surface area contributed by atoms with Gasteiger partial charge in [-0.05, 0) is 43.2 Å². The van der Waals surface area contributed by atoms with Crippen molar-refractivity contribution >= 4 is 11.6 Å². The van der Waals surface area contributed by atoms with E-state index in [1.54, 1.807) is 0 Å². The highest BCUT2D eigenvalue weighted by molar-refractivity contribution is 6.30. The van der Waals surface area contributed by atoms with Crippen LogP contribution in [0.5, 0.6) is 0 Å². The van der Waals surface area contributed by atoms with Crippen molar-refractivity contribution in [3.63, 3.8) is 0 Å². The average molecular weight is 206 g/mol. The molecule has 0 fully saturated rings. The summed E-state index contributed by atoms with van der Waals surface area (Å²) in [6.45, 7) is 4.15. The molecule has 0 amide bonds. The molecule has 0 aliphatic heterocycles. The quantitative estimate of drug-likeness (QED) is 0.726. The molecule has 2 heteroatoms. The van der Waals surface area contributed by atoms with Crippen molar-refractivity contribution in [2.24, 2.45) is 0 Å². The lowest BCUT2D eigenvalue weighted by Crippen LogP contribution is -1.80. The van der Waals surface area contributed by atoms with E-state index in [0.717, 1.165) is 16.3 Å². The molecule has 0 radical (unpaired) electrons. The van der Waals surface area contributed by atoms with Crippen LogP contribution in [-0.4, -0.2) is 4.98 Å². The maximum Gasteiger partial charge on any atom is 0.0486 e. The third-order valence-corrected chi connectivity index (χ3v) is 2.50. The van der Waals surface area contributed by atoms with Crippen LogP contribution in [0.25, 0.3) is 11.3 Å². The fourth-order valence-corrected chi connectivity index (χ4v) is 1.86. The van der Waals surface area contributed by atoms with E-state index in [9.17, 15) is 0 Å². The fraction of sp³-hybridized carbons (Fsp3) is 0.167. The van der Waals surface area contributed by atoms with Crippen molar-refractivity contribution in [2.45, 2.75) is 13.8 Å². The molecule has 0 aliphatic carbocycles. The van der Waals surface area contributed by atoms with E-state index in [1.807, 2.05) is 18.2 Å². The van der Waals surface area contributed by atoms with Gasteiger partial charge in [0.25, 0.3) is 0 Å². The molecule has 2 aromatic rings. The minimum atomic E-state index is 0.772. The lowest BCUT2D eigenvalue weighted by atomic mass is 10.1. The van der Waals surface area contributed by atoms with Crippen molar-refractivity contribution in [3.05, 3.63) is 46.6 Å². The zero-order valence-electron chi connectivity index (χ0n) is 8.26. The number of halogens is 1. The fourth-order valence-electron chi connectivity index (χ4n) is 1.67. The second-order valence-electron chi connectivity index (χ2n) is 3.52. The van der Waals surface area contributed by atoms with Crippen LogP contribution in [0.15, 0.2) is 30.3 Å². The van der Waals surface area contributed by atoms with Gasteiger partial charge in [-0.3, -0.25) is 0 Å². The molecule has 0 aliphatic rings. The molecular weight excluding hydrogens is 194 g/mol. The maximum absolute atomic E-state index is 5.94. The summed E-state index contributed by atoms with van der Waals surface area (Å²) in [5.74, 6) is 0. The summed E-state index contributed by atoms with van der Waals surface area (Å²) in [6.07, 6.45) is 0. The number of hydrogen-bond acceptors (Lipinski definition) is 0. The lowest BCUT2D eigenvalue weighted by molar-refractivity contribution is 1.26. The molecule has 1 aromatic heterocycles. The van der Waals surface area contributed by atoms with E-state index in [4.69, 9.17) is 11.6 Å². The smallest absolute Gasteiger partial charge is 0.0486 e. The SMILES string of the molecule is Cc1cc(C)c(-c2cccc(Cl)c2)[nH]1. The van der Waals surface area contributed by atoms with Crippen LogP contribution in [0.2, 0.25) is 5.02 Å². The summed E-state index contributed by atoms with van der Waals surface area (Å²) < 4.78 is 0. The van der Waals surface area contributed by atoms with Crippen LogP contribution in [0, 0.1) is 13.8 Å². The zero-order chi connectivity index (χ0) is 10.1. The molecule has 72 valence electrons. The third-order valence-electron chi connectivity index (χ3n) is 2.26. The van der Waals surface area contributed by atoms with Crippen LogP contribution in [-0.2, 0) is 0 Å². The molecule has 1 nitrogen and oxygen atoms in total. The van der Waals surface area contributed by atoms with Crippen LogP contribution in [0.1, 0.15) is 11.3 Å². The van der Waals surface area contributed by atoms with Crippen LogP contribution >= 0.6 is 11.6 Å². The van der Waals surface area contributed by atoms with Gasteiger partial charge in [-0.25, -0.2) is 0 Å². The molecule has 1 aromatic carbocycles. The van der Waals surface area contributed by atoms with Gasteiger partial charge in [0.05, 0.1) is 0 Å². The van der Waals surface area contributed by atoms with Gasteiger partial charge in [0.2, 0.25) is 0 Å². The summed E-state index contributed by atoms with van der Waals surface area (Å²) >= 11 is 5.94. The molecule has 14 heavy (non-hydrogen) atoms. The summed E-state index contributed by atoms with van der Waals surface area (Å²) in [6, 6.07) is 10.0. The van der Waals surface area contributed by atoms with Gasteiger partial charge in [-0.1, -0.05) is 23.7 Å². The highest BCUT2D eigenvalue weighted by atomic mass is 35.5. The topological polar surface area (TPSA) is 15.8 Å². The molecule has 0 unspecified atom stereocenters. The molecule has 0 saturated heterocycles. The molecule has 1 N–H and O–H groups in total. The van der Waals surface area contributed by atoms with E-state index >= 15 is 0 Å². The first-order chi connectivity index (χ1) is 6.66. The lowest BCUT2D eigenvalue weighted by Gasteiger charge is -2.00. The number of aromatic amines is 1. The van der Waals surface area contributed by atoms with Crippen molar-refractivity contribution in [1.29, 1.82) is 0 Å². The second-order valence-corrected chi connectivity index (χ2v) is 3.96. The van der Waals surface area contributed by atoms with Gasteiger partial charge in [-0.2, -0.15) is 0 Å². The van der Waals surface area contributed by atoms with E-state index < -0.39 is 0 Å². The van der Waals surface area contributed by atoms with Gasteiger partial charge >= 0.3 is 0 Å². The largest absolute Gasteiger partial charge is 0.358 e. The minimum Gasteiger partial charge on any atom is -0.358 e. The van der Waals surface area contributed by atoms with Crippen LogP contribution in [0.3, 0.4) is 0 Å². The van der Waals surface area contributed by atoms with E-state index in [-0.39, 0.29) is 0 Å². The molecule has 0 atom stereocenters. The van der Waals surface area contributed by atoms with Gasteiger partial charge in [0.1, 0.15) is 0 Å². The standard InChI is InChI=1S/C12H12ClN/c1-8-6-9(2)14-12(8)10-4-3-5-11(13)7-10/h3-7,14H,1-2H3. The Morgan fingerprint density at radius 1 is 1.14 bits per heavy atom. The van der Waals surface area contributed by atoms with Crippen LogP contribution in [0.4, 0.5) is 0 Å². The average Bonchev–Trinajstić information content (AvgIpc) is 2.45. The molecule has 0 bridgehead atoms. The first-order valence-electron chi connectivity index (χ1n) is 4.59. The van der Waals surface area contributed by atoms with Gasteiger partial charge in [-0.15, -0.1) is 0 Å². The normalized spacial score (nSPS) is 10.5. The van der Waals surface area contributed by atoms with E-state index in [0.29, 0.717) is 0 Å². The molecule has 1 heterocycles. The number of aromatic nitrogens is 1. The number of aryl methyl sites for hydroxylation is 2. The number of H-pyrrole nitrogens is 1. The Hall–Kier alpha value is -1.21. The monoisotopic (exact) mass is 205 g/mol. The Balaban J connectivity index is 2.54. The molecular formula is C12H12ClN. The Bertz CT molecular complexity index is 457. The van der Waals surface area contributed by atoms with Crippen molar-refractivity contribution in [2.75, 3.05) is 0 Å². The summed E-state index contributed by atoms with van der Waals surface area (Å²) in [4.78, 5) is 3.33. The number of rotatable bonds is 1. The summed E-state index contributed by atoms with van der Waals surface area (Å²) in [5, 5.41) is 0.772. The van der Waals surface area contributed by atoms with E-state index in [2.05, 4.69) is 31.0 Å². The maximum atomic E-state index is 5.94. The van der Waals surface area contributed by atoms with Crippen molar-refractivity contribution in [1.82, 2.24) is 4.98 Å². The predicted molar refractivity (Wildman–Crippen MR) is 60.7 cm³/mol. The molecule has 0 saturated carbocycles. The van der Waals surface area contributed by atoms with Crippen LogP contribution < -0.4 is 0 Å². The second kappa shape index (κ2) is 3.50. The number of benzene rings is 1. The van der Waals surface area contributed by atoms with Crippen molar-refractivity contribution in [3.8, 4) is 11.3 Å². The minimum absolute atomic E-state index is 0.772. The Morgan fingerprint density at radius 2 is 1.93 bits per heavy atom. The van der Waals surface area contributed by atoms with Gasteiger partial charge in [0.15, 0.2) is 0 Å². The molecule has 0 spiro atoms. The summed E-state index contributed by atoms with van der Waals surface area (Å²) in [5.41, 5.74) is 4.73.